The van der Waals surface area contributed by atoms with Gasteiger partial charge in [-0.2, -0.15) is 0 Å². The van der Waals surface area contributed by atoms with Crippen LogP contribution in [0.25, 0.3) is 0 Å². The molecule has 2 aromatic rings. The minimum atomic E-state index is -1.22. The van der Waals surface area contributed by atoms with Crippen LogP contribution >= 0.6 is 0 Å². The van der Waals surface area contributed by atoms with E-state index in [0.717, 1.165) is 6.07 Å². The third kappa shape index (κ3) is 2.89. The van der Waals surface area contributed by atoms with Gasteiger partial charge in [0.25, 0.3) is 0 Å². The summed E-state index contributed by atoms with van der Waals surface area (Å²) in [6, 6.07) is 6.22. The molecule has 0 unspecified atom stereocenters. The number of primary amides is 1. The fraction of sp³-hybridized carbons (Fsp3) is 0. The van der Waals surface area contributed by atoms with Gasteiger partial charge in [0.2, 0.25) is 5.91 Å². The van der Waals surface area contributed by atoms with E-state index in [-0.39, 0.29) is 22.6 Å². The van der Waals surface area contributed by atoms with Crippen LogP contribution in [-0.2, 0) is 0 Å². The zero-order valence-electron chi connectivity index (χ0n) is 10.1. The number of carboxylic acids is 1. The number of nitrogens with one attached hydrogen (secondary N) is 1. The zero-order chi connectivity index (χ0) is 14.7. The second-order valence-electron chi connectivity index (χ2n) is 3.92. The summed E-state index contributed by atoms with van der Waals surface area (Å²) >= 11 is 0. The first-order valence-corrected chi connectivity index (χ1v) is 5.53. The van der Waals surface area contributed by atoms with E-state index in [9.17, 15) is 14.0 Å². The molecule has 0 bridgehead atoms. The van der Waals surface area contributed by atoms with Gasteiger partial charge in [0.15, 0.2) is 0 Å². The number of pyridine rings is 1. The quantitative estimate of drug-likeness (QED) is 0.788. The lowest BCUT2D eigenvalue weighted by atomic mass is 10.2. The van der Waals surface area contributed by atoms with Crippen LogP contribution in [0.5, 0.6) is 0 Å². The fourth-order valence-corrected chi connectivity index (χ4v) is 1.54. The fourth-order valence-electron chi connectivity index (χ4n) is 1.54. The summed E-state index contributed by atoms with van der Waals surface area (Å²) in [7, 11) is 0. The lowest BCUT2D eigenvalue weighted by molar-refractivity contribution is 0.0696. The van der Waals surface area contributed by atoms with Gasteiger partial charge in [-0.15, -0.1) is 0 Å². The van der Waals surface area contributed by atoms with Crippen molar-refractivity contribution in [1.82, 2.24) is 4.98 Å². The Morgan fingerprint density at radius 3 is 2.55 bits per heavy atom. The van der Waals surface area contributed by atoms with Gasteiger partial charge in [0.05, 0.1) is 11.3 Å². The van der Waals surface area contributed by atoms with Crippen LogP contribution in [-0.4, -0.2) is 22.0 Å². The predicted molar refractivity (Wildman–Crippen MR) is 69.4 cm³/mol. The van der Waals surface area contributed by atoms with E-state index < -0.39 is 17.7 Å². The van der Waals surface area contributed by atoms with Gasteiger partial charge in [-0.05, 0) is 30.3 Å². The van der Waals surface area contributed by atoms with E-state index in [1.807, 2.05) is 0 Å². The van der Waals surface area contributed by atoms with Gasteiger partial charge < -0.3 is 16.2 Å². The number of benzene rings is 1. The molecule has 0 aliphatic carbocycles. The first kappa shape index (κ1) is 13.5. The molecule has 1 aromatic heterocycles. The Kier molecular flexibility index (Phi) is 3.60. The molecule has 0 saturated heterocycles. The smallest absolute Gasteiger partial charge is 0.335 e. The number of rotatable bonds is 4. The van der Waals surface area contributed by atoms with Crippen molar-refractivity contribution in [3.8, 4) is 0 Å². The van der Waals surface area contributed by atoms with E-state index in [2.05, 4.69) is 10.3 Å². The van der Waals surface area contributed by atoms with E-state index in [0.29, 0.717) is 0 Å². The highest BCUT2D eigenvalue weighted by Gasteiger charge is 2.09. The number of hydrogen-bond donors (Lipinski definition) is 3. The highest BCUT2D eigenvalue weighted by molar-refractivity contribution is 5.93. The molecule has 1 aromatic carbocycles. The Balaban J connectivity index is 2.28. The van der Waals surface area contributed by atoms with E-state index in [1.54, 1.807) is 0 Å². The van der Waals surface area contributed by atoms with Crippen molar-refractivity contribution in [2.24, 2.45) is 5.73 Å². The Bertz CT molecular complexity index is 688. The van der Waals surface area contributed by atoms with Crippen molar-refractivity contribution in [3.05, 3.63) is 53.5 Å². The van der Waals surface area contributed by atoms with Crippen LogP contribution < -0.4 is 11.1 Å². The second kappa shape index (κ2) is 5.35. The summed E-state index contributed by atoms with van der Waals surface area (Å²) in [5, 5.41) is 11.4. The van der Waals surface area contributed by atoms with Crippen molar-refractivity contribution in [3.63, 3.8) is 0 Å². The van der Waals surface area contributed by atoms with Crippen LogP contribution in [0.2, 0.25) is 0 Å². The zero-order valence-corrected chi connectivity index (χ0v) is 10.1. The second-order valence-corrected chi connectivity index (χ2v) is 3.92. The van der Waals surface area contributed by atoms with Crippen LogP contribution in [0.3, 0.4) is 0 Å². The number of amides is 1. The molecule has 0 spiro atoms. The molecule has 0 atom stereocenters. The number of halogens is 1. The number of carbonyl (C=O) groups is 2. The van der Waals surface area contributed by atoms with Gasteiger partial charge in [-0.1, -0.05) is 0 Å². The molecule has 0 fully saturated rings. The molecule has 4 N–H and O–H groups in total. The summed E-state index contributed by atoms with van der Waals surface area (Å²) in [5.74, 6) is -2.36. The van der Waals surface area contributed by atoms with Crippen LogP contribution in [0.15, 0.2) is 36.5 Å². The largest absolute Gasteiger partial charge is 0.478 e. The molecular weight excluding hydrogens is 265 g/mol. The van der Waals surface area contributed by atoms with Crippen molar-refractivity contribution in [2.75, 3.05) is 5.32 Å². The minimum Gasteiger partial charge on any atom is -0.478 e. The molecule has 6 nitrogen and oxygen atoms in total. The third-order valence-corrected chi connectivity index (χ3v) is 2.52. The maximum atomic E-state index is 13.7. The summed E-state index contributed by atoms with van der Waals surface area (Å²) < 4.78 is 13.7. The number of anilines is 2. The number of nitrogens with zero attached hydrogens (tertiary/aromatic N) is 1. The van der Waals surface area contributed by atoms with Crippen LogP contribution in [0.4, 0.5) is 15.9 Å². The Morgan fingerprint density at radius 2 is 1.95 bits per heavy atom. The van der Waals surface area contributed by atoms with Gasteiger partial charge in [-0.3, -0.25) is 4.79 Å². The standard InChI is InChI=1S/C13H10FN3O3/c14-9-5-8(13(19)20)1-2-10(9)17-11-6-7(12(15)18)3-4-16-11/h1-6H,(H2,15,18)(H,16,17)(H,19,20). The maximum Gasteiger partial charge on any atom is 0.335 e. The Morgan fingerprint density at radius 1 is 1.20 bits per heavy atom. The molecule has 102 valence electrons. The highest BCUT2D eigenvalue weighted by Crippen LogP contribution is 2.20. The normalized spacial score (nSPS) is 10.1. The van der Waals surface area contributed by atoms with Gasteiger partial charge in [0.1, 0.15) is 11.6 Å². The van der Waals surface area contributed by atoms with Gasteiger partial charge in [0, 0.05) is 11.8 Å². The molecule has 7 heteroatoms. The van der Waals surface area contributed by atoms with Crippen molar-refractivity contribution in [2.45, 2.75) is 0 Å². The minimum absolute atomic E-state index is 0.0455. The molecule has 0 radical (unpaired) electrons. The van der Waals surface area contributed by atoms with E-state index in [4.69, 9.17) is 10.8 Å². The molecule has 0 saturated carbocycles. The molecule has 2 rings (SSSR count). The molecule has 1 amide bonds. The van der Waals surface area contributed by atoms with E-state index in [1.165, 1.54) is 30.5 Å². The van der Waals surface area contributed by atoms with Crippen molar-refractivity contribution >= 4 is 23.4 Å². The predicted octanol–water partition coefficient (Wildman–Crippen LogP) is 1.76. The first-order chi connectivity index (χ1) is 9.47. The first-order valence-electron chi connectivity index (χ1n) is 5.53. The lowest BCUT2D eigenvalue weighted by Gasteiger charge is -2.08. The number of carboxylic acid groups (broad SMARTS) is 1. The summed E-state index contributed by atoms with van der Waals surface area (Å²) in [6.07, 6.45) is 1.35. The average Bonchev–Trinajstić information content (AvgIpc) is 2.41. The van der Waals surface area contributed by atoms with Crippen LogP contribution in [0.1, 0.15) is 20.7 Å². The summed E-state index contributed by atoms with van der Waals surface area (Å²) in [5.41, 5.74) is 5.24. The number of aromatic nitrogens is 1. The number of aromatic carboxylic acids is 1. The monoisotopic (exact) mass is 275 g/mol. The average molecular weight is 275 g/mol. The van der Waals surface area contributed by atoms with Crippen LogP contribution in [0, 0.1) is 5.82 Å². The third-order valence-electron chi connectivity index (χ3n) is 2.52. The topological polar surface area (TPSA) is 105 Å². The molecule has 1 heterocycles. The molecular formula is C13H10FN3O3. The number of nitrogens with two attached hydrogens (primary N) is 1. The summed E-state index contributed by atoms with van der Waals surface area (Å²) in [4.78, 5) is 25.6. The number of hydrogen-bond acceptors (Lipinski definition) is 4. The lowest BCUT2D eigenvalue weighted by Crippen LogP contribution is -2.11. The molecule has 20 heavy (non-hydrogen) atoms. The SMILES string of the molecule is NC(=O)c1ccnc(Nc2ccc(C(=O)O)cc2F)c1. The van der Waals surface area contributed by atoms with Crippen molar-refractivity contribution in [1.29, 1.82) is 0 Å². The molecule has 0 aliphatic rings. The Hall–Kier alpha value is -2.96. The maximum absolute atomic E-state index is 13.7. The highest BCUT2D eigenvalue weighted by atomic mass is 19.1. The molecule has 0 aliphatic heterocycles. The van der Waals surface area contributed by atoms with Gasteiger partial charge >= 0.3 is 5.97 Å². The summed E-state index contributed by atoms with van der Waals surface area (Å²) in [6.45, 7) is 0. The van der Waals surface area contributed by atoms with Gasteiger partial charge in [-0.25, -0.2) is 14.2 Å². The Labute approximate surface area is 113 Å². The van der Waals surface area contributed by atoms with E-state index >= 15 is 0 Å². The number of carbonyl (C=O) groups excluding carboxylic acids is 1. The van der Waals surface area contributed by atoms with Crippen molar-refractivity contribution < 1.29 is 19.1 Å².